The number of aromatic nitrogens is 2. The normalized spacial score (nSPS) is 10.6. The molecule has 0 saturated heterocycles. The first-order chi connectivity index (χ1) is 9.11. The van der Waals surface area contributed by atoms with Crippen LogP contribution in [0.1, 0.15) is 11.4 Å². The molecule has 19 heavy (non-hydrogen) atoms. The summed E-state index contributed by atoms with van der Waals surface area (Å²) in [4.78, 5) is 14.5. The van der Waals surface area contributed by atoms with E-state index in [1.807, 2.05) is 7.05 Å². The van der Waals surface area contributed by atoms with Gasteiger partial charge in [0.15, 0.2) is 5.82 Å². The Morgan fingerprint density at radius 1 is 1.47 bits per heavy atom. The molecule has 0 radical (unpaired) electrons. The number of hydrogen-bond donors (Lipinski definition) is 1. The molecule has 0 atom stereocenters. The van der Waals surface area contributed by atoms with Crippen LogP contribution in [0, 0.1) is 17.0 Å². The van der Waals surface area contributed by atoms with Gasteiger partial charge in [-0.05, 0) is 25.6 Å². The van der Waals surface area contributed by atoms with Gasteiger partial charge < -0.3 is 9.84 Å². The molecule has 7 nitrogen and oxygen atoms in total. The van der Waals surface area contributed by atoms with Crippen LogP contribution in [-0.2, 0) is 6.42 Å². The minimum absolute atomic E-state index is 0.0520. The molecular formula is C12H14N4O3. The molecular weight excluding hydrogens is 248 g/mol. The first kappa shape index (κ1) is 13.2. The van der Waals surface area contributed by atoms with Crippen LogP contribution in [0.2, 0.25) is 0 Å². The quantitative estimate of drug-likeness (QED) is 0.651. The lowest BCUT2D eigenvalue weighted by molar-refractivity contribution is -0.384. The van der Waals surface area contributed by atoms with Crippen LogP contribution in [0.4, 0.5) is 5.69 Å². The Bertz CT molecular complexity index is 594. The van der Waals surface area contributed by atoms with E-state index in [0.29, 0.717) is 23.7 Å². The van der Waals surface area contributed by atoms with Gasteiger partial charge in [-0.25, -0.2) is 0 Å². The summed E-state index contributed by atoms with van der Waals surface area (Å²) in [5, 5.41) is 17.5. The highest BCUT2D eigenvalue weighted by atomic mass is 16.6. The minimum Gasteiger partial charge on any atom is -0.334 e. The third kappa shape index (κ3) is 2.94. The van der Waals surface area contributed by atoms with E-state index < -0.39 is 4.92 Å². The molecule has 2 aromatic rings. The maximum atomic E-state index is 10.7. The first-order valence-corrected chi connectivity index (χ1v) is 5.84. The number of non-ortho nitro benzene ring substituents is 1. The van der Waals surface area contributed by atoms with E-state index in [9.17, 15) is 10.1 Å². The highest BCUT2D eigenvalue weighted by Crippen LogP contribution is 2.25. The second-order valence-corrected chi connectivity index (χ2v) is 4.13. The summed E-state index contributed by atoms with van der Waals surface area (Å²) in [7, 11) is 1.85. The minimum atomic E-state index is -0.428. The zero-order chi connectivity index (χ0) is 13.8. The van der Waals surface area contributed by atoms with Crippen molar-refractivity contribution in [2.24, 2.45) is 0 Å². The molecule has 1 N–H and O–H groups in total. The van der Waals surface area contributed by atoms with Gasteiger partial charge in [-0.3, -0.25) is 10.1 Å². The third-order valence-corrected chi connectivity index (χ3v) is 2.72. The van der Waals surface area contributed by atoms with Crippen LogP contribution in [0.5, 0.6) is 0 Å². The molecule has 1 aromatic heterocycles. The number of nitro benzene ring substituents is 1. The van der Waals surface area contributed by atoms with E-state index in [1.165, 1.54) is 12.1 Å². The lowest BCUT2D eigenvalue weighted by Gasteiger charge is -1.99. The van der Waals surface area contributed by atoms with E-state index in [-0.39, 0.29) is 5.69 Å². The van der Waals surface area contributed by atoms with Gasteiger partial charge in [0.1, 0.15) is 0 Å². The van der Waals surface area contributed by atoms with Gasteiger partial charge in [0, 0.05) is 30.7 Å². The molecule has 0 saturated carbocycles. The number of rotatable bonds is 5. The van der Waals surface area contributed by atoms with E-state index in [0.717, 1.165) is 12.1 Å². The lowest BCUT2D eigenvalue weighted by atomic mass is 10.1. The van der Waals surface area contributed by atoms with Gasteiger partial charge in [-0.15, -0.1) is 0 Å². The second-order valence-electron chi connectivity index (χ2n) is 4.13. The molecule has 2 rings (SSSR count). The average Bonchev–Trinajstić information content (AvgIpc) is 2.84. The lowest BCUT2D eigenvalue weighted by Crippen LogP contribution is -2.11. The molecule has 1 heterocycles. The number of nitrogens with one attached hydrogen (secondary N) is 1. The first-order valence-electron chi connectivity index (χ1n) is 5.84. The molecule has 0 aliphatic heterocycles. The summed E-state index contributed by atoms with van der Waals surface area (Å²) in [5.74, 6) is 1.00. The number of nitrogens with zero attached hydrogens (tertiary/aromatic N) is 3. The van der Waals surface area contributed by atoms with Gasteiger partial charge in [0.2, 0.25) is 0 Å². The van der Waals surface area contributed by atoms with Crippen molar-refractivity contribution in [1.82, 2.24) is 15.5 Å². The number of benzene rings is 1. The molecule has 1 aromatic carbocycles. The van der Waals surface area contributed by atoms with E-state index in [1.54, 1.807) is 13.0 Å². The van der Waals surface area contributed by atoms with Gasteiger partial charge in [-0.2, -0.15) is 4.98 Å². The standard InChI is InChI=1S/C12H14N4O3/c1-8-7-9(16(17)18)3-4-10(8)12-14-11(15-19-12)5-6-13-2/h3-4,7,13H,5-6H2,1-2H3. The average molecular weight is 262 g/mol. The molecule has 0 aliphatic rings. The maximum absolute atomic E-state index is 10.7. The molecule has 100 valence electrons. The van der Waals surface area contributed by atoms with E-state index in [2.05, 4.69) is 15.5 Å². The number of aryl methyl sites for hydroxylation is 1. The number of nitro groups is 1. The van der Waals surface area contributed by atoms with Crippen LogP contribution >= 0.6 is 0 Å². The molecule has 0 spiro atoms. The van der Waals surface area contributed by atoms with E-state index >= 15 is 0 Å². The van der Waals surface area contributed by atoms with Crippen LogP contribution in [-0.4, -0.2) is 28.7 Å². The van der Waals surface area contributed by atoms with Crippen molar-refractivity contribution in [2.45, 2.75) is 13.3 Å². The van der Waals surface area contributed by atoms with Gasteiger partial charge >= 0.3 is 0 Å². The molecule has 0 fully saturated rings. The number of hydrogen-bond acceptors (Lipinski definition) is 6. The Kier molecular flexibility index (Phi) is 3.86. The Labute approximate surface area is 109 Å². The summed E-state index contributed by atoms with van der Waals surface area (Å²) in [6, 6.07) is 4.55. The fraction of sp³-hybridized carbons (Fsp3) is 0.333. The fourth-order valence-corrected chi connectivity index (χ4v) is 1.70. The monoisotopic (exact) mass is 262 g/mol. The summed E-state index contributed by atoms with van der Waals surface area (Å²) in [5.41, 5.74) is 1.50. The topological polar surface area (TPSA) is 94.1 Å². The fourth-order valence-electron chi connectivity index (χ4n) is 1.70. The van der Waals surface area contributed by atoms with Crippen LogP contribution in [0.25, 0.3) is 11.5 Å². The maximum Gasteiger partial charge on any atom is 0.269 e. The smallest absolute Gasteiger partial charge is 0.269 e. The summed E-state index contributed by atoms with van der Waals surface area (Å²) in [6.07, 6.45) is 0.673. The Morgan fingerprint density at radius 2 is 2.26 bits per heavy atom. The number of likely N-dealkylation sites (N-methyl/N-ethyl adjacent to an activating group) is 1. The van der Waals surface area contributed by atoms with Crippen LogP contribution < -0.4 is 5.32 Å². The van der Waals surface area contributed by atoms with Crippen molar-refractivity contribution < 1.29 is 9.45 Å². The van der Waals surface area contributed by atoms with Gasteiger partial charge in [-0.1, -0.05) is 5.16 Å². The van der Waals surface area contributed by atoms with Crippen LogP contribution in [0.3, 0.4) is 0 Å². The van der Waals surface area contributed by atoms with Crippen molar-refractivity contribution in [3.05, 3.63) is 39.7 Å². The SMILES string of the molecule is CNCCc1noc(-c2ccc([N+](=O)[O-])cc2C)n1. The largest absolute Gasteiger partial charge is 0.334 e. The summed E-state index contributed by atoms with van der Waals surface area (Å²) in [6.45, 7) is 2.54. The van der Waals surface area contributed by atoms with Crippen LogP contribution in [0.15, 0.2) is 22.7 Å². The second kappa shape index (κ2) is 5.57. The highest BCUT2D eigenvalue weighted by molar-refractivity contribution is 5.60. The molecule has 0 bridgehead atoms. The Balaban J connectivity index is 2.26. The van der Waals surface area contributed by atoms with Crippen molar-refractivity contribution >= 4 is 5.69 Å². The molecule has 0 aliphatic carbocycles. The summed E-state index contributed by atoms with van der Waals surface area (Å²) < 4.78 is 5.17. The zero-order valence-corrected chi connectivity index (χ0v) is 10.7. The Morgan fingerprint density at radius 3 is 2.89 bits per heavy atom. The molecule has 0 amide bonds. The Hall–Kier alpha value is -2.28. The molecule has 7 heteroatoms. The van der Waals surface area contributed by atoms with Crippen molar-refractivity contribution in [1.29, 1.82) is 0 Å². The predicted octanol–water partition coefficient (Wildman–Crippen LogP) is 1.72. The molecule has 0 unspecified atom stereocenters. The van der Waals surface area contributed by atoms with E-state index in [4.69, 9.17) is 4.52 Å². The highest BCUT2D eigenvalue weighted by Gasteiger charge is 2.14. The predicted molar refractivity (Wildman–Crippen MR) is 68.8 cm³/mol. The van der Waals surface area contributed by atoms with Gasteiger partial charge in [0.25, 0.3) is 11.6 Å². The summed E-state index contributed by atoms with van der Waals surface area (Å²) >= 11 is 0. The third-order valence-electron chi connectivity index (χ3n) is 2.72. The van der Waals surface area contributed by atoms with Crippen molar-refractivity contribution in [3.8, 4) is 11.5 Å². The van der Waals surface area contributed by atoms with Crippen molar-refractivity contribution in [3.63, 3.8) is 0 Å². The van der Waals surface area contributed by atoms with Crippen molar-refractivity contribution in [2.75, 3.05) is 13.6 Å². The van der Waals surface area contributed by atoms with Gasteiger partial charge in [0.05, 0.1) is 4.92 Å². The zero-order valence-electron chi connectivity index (χ0n) is 10.7.